The number of nitrogens with zero attached hydrogens (tertiary/aromatic N) is 2. The Hall–Kier alpha value is -4.77. The van der Waals surface area contributed by atoms with E-state index in [0.717, 1.165) is 76.6 Å². The Morgan fingerprint density at radius 3 is 2.22 bits per heavy atom. The average Bonchev–Trinajstić information content (AvgIpc) is 3.70. The molecular weight excluding hydrogens is 568 g/mol. The van der Waals surface area contributed by atoms with Crippen molar-refractivity contribution < 1.29 is 14.3 Å². The smallest absolute Gasteiger partial charge is 0.340 e. The van der Waals surface area contributed by atoms with Crippen molar-refractivity contribution >= 4 is 11.7 Å². The largest absolute Gasteiger partial charge is 0.493 e. The number of carbonyl (C=O) groups excluding carboxylic acids is 1. The molecule has 234 valence electrons. The molecule has 2 aliphatic heterocycles. The van der Waals surface area contributed by atoms with Crippen LogP contribution in [0.5, 0.6) is 5.75 Å². The maximum absolute atomic E-state index is 14.0. The van der Waals surface area contributed by atoms with E-state index < -0.39 is 5.60 Å². The predicted molar refractivity (Wildman–Crippen MR) is 185 cm³/mol. The van der Waals surface area contributed by atoms with Crippen molar-refractivity contribution in [2.45, 2.75) is 58.5 Å². The van der Waals surface area contributed by atoms with E-state index in [1.165, 1.54) is 5.56 Å². The highest BCUT2D eigenvalue weighted by molar-refractivity contribution is 5.97. The number of rotatable bonds is 10. The van der Waals surface area contributed by atoms with Gasteiger partial charge in [0.25, 0.3) is 0 Å². The second kappa shape index (κ2) is 11.5. The third-order valence-electron chi connectivity index (χ3n) is 9.87. The first kappa shape index (κ1) is 29.9. The van der Waals surface area contributed by atoms with Crippen molar-refractivity contribution in [3.63, 3.8) is 0 Å². The molecule has 0 N–H and O–H groups in total. The minimum Gasteiger partial charge on any atom is -0.493 e. The van der Waals surface area contributed by atoms with Crippen LogP contribution in [-0.2, 0) is 15.8 Å². The Morgan fingerprint density at radius 1 is 0.783 bits per heavy atom. The highest BCUT2D eigenvalue weighted by Crippen LogP contribution is 2.58. The first-order chi connectivity index (χ1) is 22.4. The van der Waals surface area contributed by atoms with Crippen LogP contribution >= 0.6 is 0 Å². The number of fused-ring (bicyclic) bond motifs is 4. The Balaban J connectivity index is 1.61. The number of esters is 1. The Labute approximate surface area is 272 Å². The summed E-state index contributed by atoms with van der Waals surface area (Å²) in [6, 6.07) is 33.4. The number of ether oxygens (including phenoxy) is 2. The molecule has 0 amide bonds. The molecule has 0 saturated heterocycles. The predicted octanol–water partition coefficient (Wildman–Crippen LogP) is 9.27. The lowest BCUT2D eigenvalue weighted by atomic mass is 9.72. The van der Waals surface area contributed by atoms with Gasteiger partial charge in [-0.25, -0.2) is 4.79 Å². The standard InChI is InChI=1S/C41H42N2O3/c1-6-9-25-45-36-26-29(42(7-2)8-3)23-24-34(36)41(32-20-14-13-19-30(32)39(44)46-41)37-31(28-17-11-10-12-18-28)27-43-35-22-16-15-21-33(35)40(4,5)38(37)43/h10-24,26-27H,6-9,25H2,1-5H3. The summed E-state index contributed by atoms with van der Waals surface area (Å²) in [7, 11) is 0. The zero-order chi connectivity index (χ0) is 32.1. The molecule has 0 radical (unpaired) electrons. The van der Waals surface area contributed by atoms with Gasteiger partial charge in [0.1, 0.15) is 5.75 Å². The fourth-order valence-corrected chi connectivity index (χ4v) is 7.61. The van der Waals surface area contributed by atoms with Crippen molar-refractivity contribution in [3.05, 3.63) is 137 Å². The first-order valence-corrected chi connectivity index (χ1v) is 16.6. The summed E-state index contributed by atoms with van der Waals surface area (Å²) in [6.07, 6.45) is 4.19. The van der Waals surface area contributed by atoms with Crippen molar-refractivity contribution in [1.29, 1.82) is 0 Å². The summed E-state index contributed by atoms with van der Waals surface area (Å²) in [5, 5.41) is 0. The summed E-state index contributed by atoms with van der Waals surface area (Å²) >= 11 is 0. The second-order valence-electron chi connectivity index (χ2n) is 12.8. The van der Waals surface area contributed by atoms with E-state index in [9.17, 15) is 4.79 Å². The van der Waals surface area contributed by atoms with Gasteiger partial charge in [-0.1, -0.05) is 93.9 Å². The van der Waals surface area contributed by atoms with E-state index in [-0.39, 0.29) is 11.4 Å². The summed E-state index contributed by atoms with van der Waals surface area (Å²) in [5.74, 6) is 0.421. The van der Waals surface area contributed by atoms with E-state index in [2.05, 4.69) is 123 Å². The topological polar surface area (TPSA) is 43.7 Å². The lowest BCUT2D eigenvalue weighted by Gasteiger charge is -2.36. The van der Waals surface area contributed by atoms with Crippen LogP contribution < -0.4 is 9.64 Å². The fraction of sp³-hybridized carbons (Fsp3) is 0.293. The maximum atomic E-state index is 14.0. The fourth-order valence-electron chi connectivity index (χ4n) is 7.61. The summed E-state index contributed by atoms with van der Waals surface area (Å²) in [4.78, 5) is 16.4. The van der Waals surface area contributed by atoms with Crippen LogP contribution in [0, 0.1) is 0 Å². The molecule has 1 aromatic heterocycles. The van der Waals surface area contributed by atoms with Crippen molar-refractivity contribution in [2.75, 3.05) is 24.6 Å². The normalized spacial score (nSPS) is 17.3. The van der Waals surface area contributed by atoms with Gasteiger partial charge in [0.2, 0.25) is 0 Å². The van der Waals surface area contributed by atoms with E-state index in [0.29, 0.717) is 12.2 Å². The third-order valence-corrected chi connectivity index (χ3v) is 9.87. The van der Waals surface area contributed by atoms with Crippen LogP contribution in [0.2, 0.25) is 0 Å². The van der Waals surface area contributed by atoms with Crippen molar-refractivity contribution in [2.24, 2.45) is 0 Å². The monoisotopic (exact) mass is 610 g/mol. The van der Waals surface area contributed by atoms with Gasteiger partial charge in [0.15, 0.2) is 5.60 Å². The summed E-state index contributed by atoms with van der Waals surface area (Å²) in [6.45, 7) is 13.4. The molecule has 5 aromatic rings. The van der Waals surface area contributed by atoms with Gasteiger partial charge in [-0.15, -0.1) is 0 Å². The van der Waals surface area contributed by atoms with E-state index in [4.69, 9.17) is 9.47 Å². The number of benzene rings is 4. The molecule has 0 aliphatic carbocycles. The van der Waals surface area contributed by atoms with Gasteiger partial charge in [-0.05, 0) is 55.7 Å². The third kappa shape index (κ3) is 4.39. The van der Waals surface area contributed by atoms with Crippen LogP contribution in [-0.4, -0.2) is 30.2 Å². The minimum absolute atomic E-state index is 0.324. The van der Waals surface area contributed by atoms with Gasteiger partial charge in [0.05, 0.1) is 12.2 Å². The van der Waals surface area contributed by atoms with E-state index in [1.54, 1.807) is 0 Å². The highest BCUT2D eigenvalue weighted by atomic mass is 16.6. The molecule has 0 bridgehead atoms. The molecule has 3 heterocycles. The lowest BCUT2D eigenvalue weighted by molar-refractivity contribution is 0.0241. The Morgan fingerprint density at radius 2 is 1.48 bits per heavy atom. The van der Waals surface area contributed by atoms with Crippen LogP contribution in [0.3, 0.4) is 0 Å². The first-order valence-electron chi connectivity index (χ1n) is 16.6. The molecule has 4 aromatic carbocycles. The van der Waals surface area contributed by atoms with Gasteiger partial charge < -0.3 is 18.9 Å². The molecule has 5 heteroatoms. The summed E-state index contributed by atoms with van der Waals surface area (Å²) < 4.78 is 15.9. The number of cyclic esters (lactones) is 1. The number of anilines is 1. The highest BCUT2D eigenvalue weighted by Gasteiger charge is 2.56. The van der Waals surface area contributed by atoms with Gasteiger partial charge in [-0.2, -0.15) is 0 Å². The number of unbranched alkanes of at least 4 members (excludes halogenated alkanes) is 1. The molecule has 0 fully saturated rings. The number of carbonyl (C=O) groups is 1. The second-order valence-corrected chi connectivity index (χ2v) is 12.8. The zero-order valence-corrected chi connectivity index (χ0v) is 27.5. The Bertz CT molecular complexity index is 1920. The van der Waals surface area contributed by atoms with Crippen LogP contribution in [0.4, 0.5) is 5.69 Å². The number of hydrogen-bond acceptors (Lipinski definition) is 4. The molecule has 0 spiro atoms. The van der Waals surface area contributed by atoms with E-state index in [1.807, 2.05) is 24.3 Å². The quantitative estimate of drug-likeness (QED) is 0.117. The van der Waals surface area contributed by atoms with Gasteiger partial charge >= 0.3 is 5.97 Å². The van der Waals surface area contributed by atoms with E-state index >= 15 is 0 Å². The molecule has 5 nitrogen and oxygen atoms in total. The van der Waals surface area contributed by atoms with Crippen LogP contribution in [0.15, 0.2) is 103 Å². The number of para-hydroxylation sites is 1. The SMILES string of the molecule is CCCCOc1cc(N(CC)CC)ccc1C1(c2c(-c3ccccc3)cn3c2C(C)(C)c2ccccc2-3)OC(=O)c2ccccc21. The molecule has 2 aliphatic rings. The lowest BCUT2D eigenvalue weighted by Crippen LogP contribution is -2.34. The van der Waals surface area contributed by atoms with Crippen molar-refractivity contribution in [1.82, 2.24) is 4.57 Å². The van der Waals surface area contributed by atoms with Crippen LogP contribution in [0.1, 0.15) is 85.8 Å². The van der Waals surface area contributed by atoms with Gasteiger partial charge in [0, 0.05) is 70.1 Å². The number of hydrogen-bond donors (Lipinski definition) is 0. The van der Waals surface area contributed by atoms with Crippen molar-refractivity contribution in [3.8, 4) is 22.6 Å². The van der Waals surface area contributed by atoms with Crippen LogP contribution in [0.25, 0.3) is 16.8 Å². The molecular formula is C41H42N2O3. The molecule has 1 unspecified atom stereocenters. The molecule has 1 atom stereocenters. The Kier molecular flexibility index (Phi) is 7.51. The zero-order valence-electron chi connectivity index (χ0n) is 27.5. The summed E-state index contributed by atoms with van der Waals surface area (Å²) in [5.41, 5.74) is 8.33. The maximum Gasteiger partial charge on any atom is 0.340 e. The average molecular weight is 611 g/mol. The molecule has 7 rings (SSSR count). The van der Waals surface area contributed by atoms with Gasteiger partial charge in [-0.3, -0.25) is 0 Å². The molecule has 0 saturated carbocycles. The minimum atomic E-state index is -1.25. The molecule has 46 heavy (non-hydrogen) atoms. The number of aromatic nitrogens is 1.